The van der Waals surface area contributed by atoms with Crippen molar-refractivity contribution in [3.05, 3.63) is 12.4 Å². The monoisotopic (exact) mass is 327 g/mol. The van der Waals surface area contributed by atoms with Gasteiger partial charge in [0.15, 0.2) is 0 Å². The molecule has 1 aromatic rings. The molecular formula is C15H26ClN5O. The van der Waals surface area contributed by atoms with E-state index in [-0.39, 0.29) is 18.3 Å². The Labute approximate surface area is 137 Å². The fourth-order valence-corrected chi connectivity index (χ4v) is 3.77. The van der Waals surface area contributed by atoms with Crippen molar-refractivity contribution in [2.75, 3.05) is 13.1 Å². The molecule has 3 rings (SSSR count). The number of nitrogens with zero attached hydrogens (tertiary/aromatic N) is 4. The van der Waals surface area contributed by atoms with Crippen molar-refractivity contribution in [2.45, 2.75) is 51.1 Å². The third-order valence-electron chi connectivity index (χ3n) is 5.03. The standard InChI is InChI=1S/C15H25N5O.ClH/c16-14(6-10-20-17-7-8-18-20)15(21)19-9-5-12-3-1-2-4-13(12)11-19;/h7-8,12-14H,1-6,9-11,16H2;1H. The second-order valence-electron chi connectivity index (χ2n) is 6.40. The minimum Gasteiger partial charge on any atom is -0.341 e. The largest absolute Gasteiger partial charge is 0.341 e. The van der Waals surface area contributed by atoms with Crippen LogP contribution in [0, 0.1) is 11.8 Å². The van der Waals surface area contributed by atoms with Gasteiger partial charge >= 0.3 is 0 Å². The van der Waals surface area contributed by atoms with Crippen LogP contribution >= 0.6 is 12.4 Å². The van der Waals surface area contributed by atoms with E-state index in [0.717, 1.165) is 25.4 Å². The molecule has 3 unspecified atom stereocenters. The quantitative estimate of drug-likeness (QED) is 0.908. The Morgan fingerprint density at radius 2 is 1.86 bits per heavy atom. The van der Waals surface area contributed by atoms with Crippen LogP contribution in [0.5, 0.6) is 0 Å². The molecule has 1 amide bonds. The summed E-state index contributed by atoms with van der Waals surface area (Å²) in [5.74, 6) is 1.65. The molecule has 0 radical (unpaired) electrons. The van der Waals surface area contributed by atoms with E-state index in [9.17, 15) is 4.79 Å². The normalized spacial score (nSPS) is 26.0. The van der Waals surface area contributed by atoms with Crippen LogP contribution in [0.4, 0.5) is 0 Å². The highest BCUT2D eigenvalue weighted by Crippen LogP contribution is 2.36. The van der Waals surface area contributed by atoms with Crippen LogP contribution in [-0.4, -0.2) is 44.9 Å². The van der Waals surface area contributed by atoms with E-state index in [1.54, 1.807) is 17.2 Å². The molecule has 124 valence electrons. The molecule has 3 atom stereocenters. The zero-order chi connectivity index (χ0) is 14.7. The number of halogens is 1. The van der Waals surface area contributed by atoms with E-state index >= 15 is 0 Å². The van der Waals surface area contributed by atoms with Crippen LogP contribution in [0.15, 0.2) is 12.4 Å². The second-order valence-corrected chi connectivity index (χ2v) is 6.40. The fraction of sp³-hybridized carbons (Fsp3) is 0.800. The Kier molecular flexibility index (Phi) is 6.20. The number of hydrogen-bond donors (Lipinski definition) is 1. The van der Waals surface area contributed by atoms with E-state index in [1.165, 1.54) is 25.7 Å². The van der Waals surface area contributed by atoms with Crippen LogP contribution in [0.25, 0.3) is 0 Å². The number of likely N-dealkylation sites (tertiary alicyclic amines) is 1. The Balaban J connectivity index is 0.00000176. The van der Waals surface area contributed by atoms with Gasteiger partial charge < -0.3 is 10.6 Å². The number of rotatable bonds is 4. The van der Waals surface area contributed by atoms with Crippen molar-refractivity contribution in [1.82, 2.24) is 19.9 Å². The van der Waals surface area contributed by atoms with Gasteiger partial charge in [0.05, 0.1) is 25.0 Å². The summed E-state index contributed by atoms with van der Waals surface area (Å²) in [5, 5.41) is 8.08. The number of carbonyl (C=O) groups is 1. The Hall–Kier alpha value is -1.14. The average Bonchev–Trinajstić information content (AvgIpc) is 3.05. The second kappa shape index (κ2) is 7.92. The molecule has 1 aliphatic heterocycles. The van der Waals surface area contributed by atoms with Crippen LogP contribution in [0.1, 0.15) is 38.5 Å². The summed E-state index contributed by atoms with van der Waals surface area (Å²) in [6, 6.07) is -0.434. The molecule has 2 aliphatic rings. The molecule has 2 fully saturated rings. The first-order valence-electron chi connectivity index (χ1n) is 8.12. The van der Waals surface area contributed by atoms with Gasteiger partial charge in [0.25, 0.3) is 0 Å². The van der Waals surface area contributed by atoms with Crippen LogP contribution in [0.3, 0.4) is 0 Å². The highest BCUT2D eigenvalue weighted by atomic mass is 35.5. The van der Waals surface area contributed by atoms with Gasteiger partial charge in [-0.05, 0) is 31.1 Å². The third kappa shape index (κ3) is 3.98. The molecule has 6 nitrogen and oxygen atoms in total. The Bertz CT molecular complexity index is 467. The molecule has 1 saturated carbocycles. The maximum atomic E-state index is 12.5. The van der Waals surface area contributed by atoms with Crippen molar-refractivity contribution < 1.29 is 4.79 Å². The lowest BCUT2D eigenvalue weighted by Crippen LogP contribution is -2.50. The molecule has 1 saturated heterocycles. The molecule has 0 aromatic carbocycles. The number of aromatic nitrogens is 3. The minimum absolute atomic E-state index is 0. The molecule has 1 aromatic heterocycles. The van der Waals surface area contributed by atoms with Crippen molar-refractivity contribution >= 4 is 18.3 Å². The summed E-state index contributed by atoms with van der Waals surface area (Å²) in [5.41, 5.74) is 6.07. The zero-order valence-corrected chi connectivity index (χ0v) is 13.7. The number of hydrogen-bond acceptors (Lipinski definition) is 4. The molecule has 0 bridgehead atoms. The summed E-state index contributed by atoms with van der Waals surface area (Å²) < 4.78 is 0. The van der Waals surface area contributed by atoms with Crippen molar-refractivity contribution in [3.8, 4) is 0 Å². The van der Waals surface area contributed by atoms with Gasteiger partial charge in [-0.1, -0.05) is 19.3 Å². The lowest BCUT2D eigenvalue weighted by atomic mass is 9.75. The summed E-state index contributed by atoms with van der Waals surface area (Å²) in [6.45, 7) is 2.39. The van der Waals surface area contributed by atoms with Crippen molar-refractivity contribution in [2.24, 2.45) is 17.6 Å². The average molecular weight is 328 g/mol. The number of piperidine rings is 1. The summed E-state index contributed by atoms with van der Waals surface area (Å²) in [7, 11) is 0. The third-order valence-corrected chi connectivity index (χ3v) is 5.03. The molecule has 0 spiro atoms. The molecule has 22 heavy (non-hydrogen) atoms. The predicted molar refractivity (Wildman–Crippen MR) is 86.5 cm³/mol. The summed E-state index contributed by atoms with van der Waals surface area (Å²) in [4.78, 5) is 16.1. The number of aryl methyl sites for hydroxylation is 1. The number of nitrogens with two attached hydrogens (primary N) is 1. The van der Waals surface area contributed by atoms with E-state index in [4.69, 9.17) is 5.73 Å². The number of amides is 1. The maximum absolute atomic E-state index is 12.5. The molecular weight excluding hydrogens is 302 g/mol. The van der Waals surface area contributed by atoms with Crippen LogP contribution < -0.4 is 5.73 Å². The van der Waals surface area contributed by atoms with Gasteiger partial charge in [0, 0.05) is 13.1 Å². The highest BCUT2D eigenvalue weighted by molar-refractivity contribution is 5.85. The van der Waals surface area contributed by atoms with Crippen LogP contribution in [-0.2, 0) is 11.3 Å². The zero-order valence-electron chi connectivity index (χ0n) is 12.9. The first kappa shape index (κ1) is 17.2. The summed E-state index contributed by atoms with van der Waals surface area (Å²) >= 11 is 0. The topological polar surface area (TPSA) is 77.0 Å². The maximum Gasteiger partial charge on any atom is 0.239 e. The van der Waals surface area contributed by atoms with Gasteiger partial charge in [-0.2, -0.15) is 15.0 Å². The van der Waals surface area contributed by atoms with Gasteiger partial charge in [-0.3, -0.25) is 4.79 Å². The van der Waals surface area contributed by atoms with Gasteiger partial charge in [-0.25, -0.2) is 0 Å². The fourth-order valence-electron chi connectivity index (χ4n) is 3.77. The number of fused-ring (bicyclic) bond motifs is 1. The van der Waals surface area contributed by atoms with Crippen molar-refractivity contribution in [1.29, 1.82) is 0 Å². The summed E-state index contributed by atoms with van der Waals surface area (Å²) in [6.07, 6.45) is 10.3. The molecule has 7 heteroatoms. The highest BCUT2D eigenvalue weighted by Gasteiger charge is 2.34. The van der Waals surface area contributed by atoms with Gasteiger partial charge in [0.2, 0.25) is 5.91 Å². The molecule has 2 N–H and O–H groups in total. The minimum atomic E-state index is -0.434. The first-order chi connectivity index (χ1) is 10.2. The van der Waals surface area contributed by atoms with Gasteiger partial charge in [0.1, 0.15) is 0 Å². The van der Waals surface area contributed by atoms with E-state index in [1.807, 2.05) is 4.90 Å². The van der Waals surface area contributed by atoms with Crippen LogP contribution in [0.2, 0.25) is 0 Å². The lowest BCUT2D eigenvalue weighted by molar-refractivity contribution is -0.135. The van der Waals surface area contributed by atoms with E-state index in [2.05, 4.69) is 10.2 Å². The van der Waals surface area contributed by atoms with E-state index in [0.29, 0.717) is 18.9 Å². The van der Waals surface area contributed by atoms with E-state index < -0.39 is 6.04 Å². The SMILES string of the molecule is Cl.NC(CCn1nccn1)C(=O)N1CCC2CCCCC2C1. The Morgan fingerprint density at radius 3 is 2.59 bits per heavy atom. The molecule has 2 heterocycles. The van der Waals surface area contributed by atoms with Crippen molar-refractivity contribution in [3.63, 3.8) is 0 Å². The molecule has 1 aliphatic carbocycles. The lowest BCUT2D eigenvalue weighted by Gasteiger charge is -2.42. The predicted octanol–water partition coefficient (Wildman–Crippen LogP) is 1.46. The Morgan fingerprint density at radius 1 is 1.18 bits per heavy atom. The number of carbonyl (C=O) groups excluding carboxylic acids is 1. The first-order valence-corrected chi connectivity index (χ1v) is 8.12. The smallest absolute Gasteiger partial charge is 0.239 e. The van der Waals surface area contributed by atoms with Gasteiger partial charge in [-0.15, -0.1) is 12.4 Å².